The van der Waals surface area contributed by atoms with Crippen LogP contribution in [0.4, 0.5) is 0 Å². The average Bonchev–Trinajstić information content (AvgIpc) is 2.83. The largest absolute Gasteiger partial charge is 0.480 e. The van der Waals surface area contributed by atoms with Gasteiger partial charge in [-0.3, -0.25) is 4.79 Å². The smallest absolute Gasteiger partial charge is 0.326 e. The van der Waals surface area contributed by atoms with Gasteiger partial charge in [0.05, 0.1) is 10.3 Å². The van der Waals surface area contributed by atoms with Gasteiger partial charge in [0, 0.05) is 11.4 Å². The van der Waals surface area contributed by atoms with Crippen molar-refractivity contribution in [1.82, 2.24) is 4.90 Å². The Morgan fingerprint density at radius 3 is 2.79 bits per heavy atom. The van der Waals surface area contributed by atoms with Gasteiger partial charge in [-0.05, 0) is 38.3 Å². The summed E-state index contributed by atoms with van der Waals surface area (Å²) in [4.78, 5) is 26.1. The van der Waals surface area contributed by atoms with Crippen molar-refractivity contribution < 1.29 is 14.7 Å². The van der Waals surface area contributed by atoms with Crippen LogP contribution in [0.25, 0.3) is 0 Å². The fourth-order valence-electron chi connectivity index (χ4n) is 2.38. The first kappa shape index (κ1) is 14.3. The van der Waals surface area contributed by atoms with E-state index in [1.54, 1.807) is 13.0 Å². The zero-order valence-electron chi connectivity index (χ0n) is 10.6. The van der Waals surface area contributed by atoms with Crippen LogP contribution >= 0.6 is 22.9 Å². The van der Waals surface area contributed by atoms with Gasteiger partial charge in [-0.1, -0.05) is 11.6 Å². The molecule has 4 nitrogen and oxygen atoms in total. The van der Waals surface area contributed by atoms with Crippen LogP contribution in [-0.2, 0) is 9.59 Å². The zero-order valence-corrected chi connectivity index (χ0v) is 12.2. The van der Waals surface area contributed by atoms with Gasteiger partial charge in [0.25, 0.3) is 0 Å². The molecule has 2 atom stereocenters. The highest BCUT2D eigenvalue weighted by molar-refractivity contribution is 7.16. The quantitative estimate of drug-likeness (QED) is 0.934. The van der Waals surface area contributed by atoms with E-state index in [4.69, 9.17) is 11.6 Å². The van der Waals surface area contributed by atoms with Crippen molar-refractivity contribution in [1.29, 1.82) is 0 Å². The number of piperidine rings is 1. The molecule has 6 heteroatoms. The molecule has 0 aromatic carbocycles. The molecule has 104 valence electrons. The molecule has 0 saturated carbocycles. The lowest BCUT2D eigenvalue weighted by atomic mass is 9.99. The highest BCUT2D eigenvalue weighted by atomic mass is 35.5. The Balaban J connectivity index is 2.15. The molecule has 0 bridgehead atoms. The molecule has 2 heterocycles. The third-order valence-electron chi connectivity index (χ3n) is 3.46. The van der Waals surface area contributed by atoms with E-state index in [2.05, 4.69) is 0 Å². The summed E-state index contributed by atoms with van der Waals surface area (Å²) < 4.78 is 0.642. The lowest BCUT2D eigenvalue weighted by Gasteiger charge is -2.34. The second kappa shape index (κ2) is 5.92. The number of carboxylic acid groups (broad SMARTS) is 1. The highest BCUT2D eigenvalue weighted by Gasteiger charge is 2.34. The molecule has 1 aromatic rings. The molecule has 2 rings (SSSR count). The van der Waals surface area contributed by atoms with E-state index in [-0.39, 0.29) is 11.8 Å². The number of carbonyl (C=O) groups excluding carboxylic acids is 1. The molecule has 1 aliphatic rings. The van der Waals surface area contributed by atoms with E-state index in [1.807, 2.05) is 6.07 Å². The summed E-state index contributed by atoms with van der Waals surface area (Å²) in [6.07, 6.45) is 2.27. The Kier molecular flexibility index (Phi) is 4.47. The molecule has 0 spiro atoms. The van der Waals surface area contributed by atoms with Crippen molar-refractivity contribution in [3.8, 4) is 0 Å². The number of carboxylic acids is 1. The first-order valence-corrected chi connectivity index (χ1v) is 7.48. The van der Waals surface area contributed by atoms with E-state index >= 15 is 0 Å². The van der Waals surface area contributed by atoms with Crippen molar-refractivity contribution in [2.45, 2.75) is 38.1 Å². The maximum Gasteiger partial charge on any atom is 0.326 e. The summed E-state index contributed by atoms with van der Waals surface area (Å²) in [6, 6.07) is 2.91. The zero-order chi connectivity index (χ0) is 14.0. The van der Waals surface area contributed by atoms with Gasteiger partial charge in [-0.15, -0.1) is 11.3 Å². The minimum atomic E-state index is -0.913. The molecule has 0 aliphatic carbocycles. The molecule has 2 unspecified atom stereocenters. The molecular formula is C13H16ClNO3S. The third kappa shape index (κ3) is 3.09. The predicted octanol–water partition coefficient (Wildman–Crippen LogP) is 2.97. The monoisotopic (exact) mass is 301 g/mol. The van der Waals surface area contributed by atoms with E-state index in [9.17, 15) is 14.7 Å². The third-order valence-corrected chi connectivity index (χ3v) is 4.88. The molecule has 19 heavy (non-hydrogen) atoms. The second-order valence-electron chi connectivity index (χ2n) is 4.75. The van der Waals surface area contributed by atoms with Gasteiger partial charge < -0.3 is 10.0 Å². The number of amides is 1. The fourth-order valence-corrected chi connectivity index (χ4v) is 3.49. The number of halogens is 1. The van der Waals surface area contributed by atoms with Gasteiger partial charge in [-0.25, -0.2) is 4.79 Å². The summed E-state index contributed by atoms with van der Waals surface area (Å²) in [5, 5.41) is 9.20. The Morgan fingerprint density at radius 1 is 1.47 bits per heavy atom. The van der Waals surface area contributed by atoms with Crippen molar-refractivity contribution in [3.63, 3.8) is 0 Å². The minimum absolute atomic E-state index is 0.120. The lowest BCUT2D eigenvalue weighted by molar-refractivity contribution is -0.152. The van der Waals surface area contributed by atoms with Crippen LogP contribution in [0.5, 0.6) is 0 Å². The minimum Gasteiger partial charge on any atom is -0.480 e. The summed E-state index contributed by atoms with van der Waals surface area (Å²) in [5.41, 5.74) is 0. The summed E-state index contributed by atoms with van der Waals surface area (Å²) in [5.74, 6) is -1.37. The predicted molar refractivity (Wildman–Crippen MR) is 74.7 cm³/mol. The molecule has 1 N–H and O–H groups in total. The number of hydrogen-bond acceptors (Lipinski definition) is 3. The number of aliphatic carboxylic acids is 1. The SMILES string of the molecule is CC(C(=O)N1CCCCC1C(=O)O)c1ccc(Cl)s1. The summed E-state index contributed by atoms with van der Waals surface area (Å²) in [7, 11) is 0. The van der Waals surface area contributed by atoms with E-state index < -0.39 is 12.0 Å². The van der Waals surface area contributed by atoms with Crippen LogP contribution in [-0.4, -0.2) is 34.5 Å². The van der Waals surface area contributed by atoms with Crippen LogP contribution < -0.4 is 0 Å². The molecule has 1 aromatic heterocycles. The number of carbonyl (C=O) groups is 2. The highest BCUT2D eigenvalue weighted by Crippen LogP contribution is 2.30. The van der Waals surface area contributed by atoms with Crippen molar-refractivity contribution >= 4 is 34.8 Å². The number of hydrogen-bond donors (Lipinski definition) is 1. The molecular weight excluding hydrogens is 286 g/mol. The van der Waals surface area contributed by atoms with Gasteiger partial charge >= 0.3 is 5.97 Å². The first-order valence-electron chi connectivity index (χ1n) is 6.29. The number of thiophene rings is 1. The topological polar surface area (TPSA) is 57.6 Å². The van der Waals surface area contributed by atoms with E-state index in [0.717, 1.165) is 17.7 Å². The Bertz CT molecular complexity index is 488. The molecule has 1 aliphatic heterocycles. The maximum atomic E-state index is 12.4. The van der Waals surface area contributed by atoms with Gasteiger partial charge in [0.2, 0.25) is 5.91 Å². The van der Waals surface area contributed by atoms with Gasteiger partial charge in [-0.2, -0.15) is 0 Å². The summed E-state index contributed by atoms with van der Waals surface area (Å²) in [6.45, 7) is 2.33. The molecule has 1 saturated heterocycles. The van der Waals surface area contributed by atoms with Crippen LogP contribution in [0, 0.1) is 0 Å². The number of nitrogens with zero attached hydrogens (tertiary/aromatic N) is 1. The number of likely N-dealkylation sites (tertiary alicyclic amines) is 1. The lowest BCUT2D eigenvalue weighted by Crippen LogP contribution is -2.49. The van der Waals surface area contributed by atoms with Crippen LogP contribution in [0.1, 0.15) is 37.0 Å². The summed E-state index contributed by atoms with van der Waals surface area (Å²) >= 11 is 7.24. The maximum absolute atomic E-state index is 12.4. The Morgan fingerprint density at radius 2 is 2.21 bits per heavy atom. The van der Waals surface area contributed by atoms with Crippen molar-refractivity contribution in [3.05, 3.63) is 21.3 Å². The van der Waals surface area contributed by atoms with E-state index in [0.29, 0.717) is 17.3 Å². The molecule has 0 radical (unpaired) electrons. The average molecular weight is 302 g/mol. The molecule has 1 amide bonds. The van der Waals surface area contributed by atoms with Crippen molar-refractivity contribution in [2.24, 2.45) is 0 Å². The Hall–Kier alpha value is -1.07. The standard InChI is InChI=1S/C13H16ClNO3S/c1-8(10-5-6-11(14)19-10)12(16)15-7-3-2-4-9(15)13(17)18/h5-6,8-9H,2-4,7H2,1H3,(H,17,18). The van der Waals surface area contributed by atoms with Crippen LogP contribution in [0.3, 0.4) is 0 Å². The molecule has 1 fully saturated rings. The van der Waals surface area contributed by atoms with E-state index in [1.165, 1.54) is 16.2 Å². The van der Waals surface area contributed by atoms with Gasteiger partial charge in [0.1, 0.15) is 6.04 Å². The Labute approximate surface area is 121 Å². The van der Waals surface area contributed by atoms with Crippen LogP contribution in [0.2, 0.25) is 4.34 Å². The van der Waals surface area contributed by atoms with Crippen molar-refractivity contribution in [2.75, 3.05) is 6.54 Å². The fraction of sp³-hybridized carbons (Fsp3) is 0.538. The normalized spacial score (nSPS) is 21.2. The first-order chi connectivity index (χ1) is 9.00. The second-order valence-corrected chi connectivity index (χ2v) is 6.49. The van der Waals surface area contributed by atoms with Gasteiger partial charge in [0.15, 0.2) is 0 Å². The number of rotatable bonds is 3. The van der Waals surface area contributed by atoms with Crippen LogP contribution in [0.15, 0.2) is 12.1 Å².